The van der Waals surface area contributed by atoms with Crippen molar-refractivity contribution in [3.05, 3.63) is 53.4 Å². The highest BCUT2D eigenvalue weighted by molar-refractivity contribution is 6.17. The smallest absolute Gasteiger partial charge is 0.257 e. The van der Waals surface area contributed by atoms with Crippen molar-refractivity contribution in [2.75, 3.05) is 43.9 Å². The first-order valence-electron chi connectivity index (χ1n) is 10.3. The van der Waals surface area contributed by atoms with Gasteiger partial charge in [0.05, 0.1) is 50.2 Å². The Balaban J connectivity index is 1.68. The number of fused-ring (bicyclic) bond motifs is 2. The van der Waals surface area contributed by atoms with Crippen molar-refractivity contribution in [1.82, 2.24) is 9.88 Å². The fourth-order valence-corrected chi connectivity index (χ4v) is 4.32. The molecule has 1 N–H and O–H groups in total. The summed E-state index contributed by atoms with van der Waals surface area (Å²) >= 11 is 0. The number of aromatic nitrogens is 1. The van der Waals surface area contributed by atoms with Crippen LogP contribution in [0.4, 0.5) is 17.2 Å². The van der Waals surface area contributed by atoms with E-state index in [9.17, 15) is 14.8 Å². The number of hydroxylamine groups is 3. The molecule has 2 amide bonds. The maximum atomic E-state index is 13.6. The van der Waals surface area contributed by atoms with Crippen molar-refractivity contribution in [1.29, 1.82) is 0 Å². The molecule has 1 aromatic heterocycles. The van der Waals surface area contributed by atoms with Gasteiger partial charge < -0.3 is 15.2 Å². The van der Waals surface area contributed by atoms with Crippen LogP contribution in [0.1, 0.15) is 29.6 Å². The summed E-state index contributed by atoms with van der Waals surface area (Å²) in [5.74, 6) is -0.0206. The number of para-hydroxylation sites is 1. The molecule has 158 valence electrons. The second-order valence-electron chi connectivity index (χ2n) is 8.45. The van der Waals surface area contributed by atoms with Crippen LogP contribution in [0.3, 0.4) is 0 Å². The highest BCUT2D eigenvalue weighted by Gasteiger charge is 2.33. The van der Waals surface area contributed by atoms with Crippen molar-refractivity contribution in [2.45, 2.75) is 25.3 Å². The van der Waals surface area contributed by atoms with Gasteiger partial charge in [-0.1, -0.05) is 18.6 Å². The number of likely N-dealkylation sites (N-methyl/N-ethyl adjacent to an activating group) is 1. The molecule has 1 atom stereocenters. The van der Waals surface area contributed by atoms with Crippen LogP contribution in [0.25, 0.3) is 0 Å². The summed E-state index contributed by atoms with van der Waals surface area (Å²) in [6, 6.07) is 10.6. The largest absolute Gasteiger partial charge is 0.633 e. The van der Waals surface area contributed by atoms with Gasteiger partial charge in [0.15, 0.2) is 5.82 Å². The third kappa shape index (κ3) is 4.21. The first kappa shape index (κ1) is 20.5. The van der Waals surface area contributed by atoms with E-state index in [-0.39, 0.29) is 29.0 Å². The third-order valence-corrected chi connectivity index (χ3v) is 5.62. The molecule has 0 aliphatic carbocycles. The third-order valence-electron chi connectivity index (χ3n) is 5.62. The minimum atomic E-state index is -0.384. The molecule has 1 fully saturated rings. The van der Waals surface area contributed by atoms with Gasteiger partial charge in [-0.3, -0.25) is 19.4 Å². The summed E-state index contributed by atoms with van der Waals surface area (Å²) in [6.07, 6.45) is 4.58. The molecule has 2 aliphatic heterocycles. The zero-order valence-electron chi connectivity index (χ0n) is 17.4. The number of carbonyl (C=O) groups is 2. The number of quaternary nitrogens is 1. The quantitative estimate of drug-likeness (QED) is 0.620. The maximum absolute atomic E-state index is 13.6. The molecule has 3 heterocycles. The number of anilines is 3. The Labute approximate surface area is 176 Å². The minimum Gasteiger partial charge on any atom is -0.633 e. The fourth-order valence-electron chi connectivity index (χ4n) is 4.32. The lowest BCUT2D eigenvalue weighted by atomic mass is 10.0. The molecule has 0 bridgehead atoms. The normalized spacial score (nSPS) is 19.5. The Hall–Kier alpha value is -2.81. The van der Waals surface area contributed by atoms with Crippen LogP contribution in [0.2, 0.25) is 0 Å². The van der Waals surface area contributed by atoms with Crippen molar-refractivity contribution < 1.29 is 14.2 Å². The molecule has 2 aromatic rings. The Morgan fingerprint density at radius 3 is 2.83 bits per heavy atom. The maximum Gasteiger partial charge on any atom is 0.257 e. The van der Waals surface area contributed by atoms with Crippen LogP contribution in [0.15, 0.2) is 42.6 Å². The van der Waals surface area contributed by atoms with E-state index in [1.807, 2.05) is 0 Å². The van der Waals surface area contributed by atoms with E-state index >= 15 is 0 Å². The number of likely N-dealkylation sites (tertiary alicyclic amines) is 1. The van der Waals surface area contributed by atoms with Crippen molar-refractivity contribution in [2.24, 2.45) is 0 Å². The Bertz CT molecular complexity index is 956. The van der Waals surface area contributed by atoms with E-state index in [0.29, 0.717) is 29.3 Å². The van der Waals surface area contributed by atoms with Gasteiger partial charge in [0.25, 0.3) is 5.91 Å². The second-order valence-corrected chi connectivity index (χ2v) is 8.45. The number of rotatable bonds is 4. The number of carbonyl (C=O) groups excluding carboxylic acids is 2. The van der Waals surface area contributed by atoms with Crippen molar-refractivity contribution in [3.63, 3.8) is 0 Å². The van der Waals surface area contributed by atoms with Crippen LogP contribution in [0.5, 0.6) is 0 Å². The zero-order chi connectivity index (χ0) is 21.3. The van der Waals surface area contributed by atoms with Gasteiger partial charge in [0.2, 0.25) is 5.91 Å². The van der Waals surface area contributed by atoms with Gasteiger partial charge in [-0.2, -0.15) is 0 Å². The topological polar surface area (TPSA) is 88.6 Å². The Morgan fingerprint density at radius 2 is 2.03 bits per heavy atom. The Kier molecular flexibility index (Phi) is 5.55. The molecule has 2 aliphatic rings. The molecule has 4 rings (SSSR count). The van der Waals surface area contributed by atoms with Crippen LogP contribution < -0.4 is 10.2 Å². The van der Waals surface area contributed by atoms with Crippen LogP contribution in [-0.4, -0.2) is 66.1 Å². The van der Waals surface area contributed by atoms with Gasteiger partial charge in [0.1, 0.15) is 0 Å². The highest BCUT2D eigenvalue weighted by atomic mass is 16.5. The van der Waals surface area contributed by atoms with Gasteiger partial charge in [-0.05, 0) is 43.7 Å². The van der Waals surface area contributed by atoms with E-state index in [2.05, 4.69) is 15.2 Å². The molecule has 0 spiro atoms. The van der Waals surface area contributed by atoms with Crippen molar-refractivity contribution >= 4 is 29.0 Å². The Morgan fingerprint density at radius 1 is 1.23 bits per heavy atom. The van der Waals surface area contributed by atoms with E-state index in [0.717, 1.165) is 25.8 Å². The predicted molar refractivity (Wildman–Crippen MR) is 115 cm³/mol. The number of pyridine rings is 1. The number of hydrogen-bond donors (Lipinski definition) is 1. The van der Waals surface area contributed by atoms with Gasteiger partial charge >= 0.3 is 0 Å². The summed E-state index contributed by atoms with van der Waals surface area (Å²) < 4.78 is -0.384. The van der Waals surface area contributed by atoms with Gasteiger partial charge in [-0.25, -0.2) is 4.98 Å². The number of amides is 2. The van der Waals surface area contributed by atoms with E-state index < -0.39 is 0 Å². The lowest BCUT2D eigenvalue weighted by Crippen LogP contribution is -2.52. The number of nitrogens with one attached hydrogen (secondary N) is 1. The first-order valence-corrected chi connectivity index (χ1v) is 10.3. The molecule has 30 heavy (non-hydrogen) atoms. The zero-order valence-corrected chi connectivity index (χ0v) is 17.4. The standard InChI is InChI=1S/C22H27N5O3/c1-27(2,30)15-16-8-5-6-13-25(16)14-20(28)26-19-11-4-3-9-17(19)22(29)24-18-10-7-12-23-21(18)26/h3-4,7,9-12,16H,5-6,8,13-15H2,1-2H3,(H,24,29). The monoisotopic (exact) mass is 409 g/mol. The van der Waals surface area contributed by atoms with E-state index in [1.54, 1.807) is 56.7 Å². The summed E-state index contributed by atoms with van der Waals surface area (Å²) in [7, 11) is 3.27. The van der Waals surface area contributed by atoms with Crippen molar-refractivity contribution in [3.8, 4) is 0 Å². The average molecular weight is 409 g/mol. The summed E-state index contributed by atoms with van der Waals surface area (Å²) in [5, 5.41) is 15.1. The molecule has 8 heteroatoms. The molecule has 0 saturated carbocycles. The summed E-state index contributed by atoms with van der Waals surface area (Å²) in [5.41, 5.74) is 1.45. The number of nitrogens with zero attached hydrogens (tertiary/aromatic N) is 4. The summed E-state index contributed by atoms with van der Waals surface area (Å²) in [6.45, 7) is 1.39. The average Bonchev–Trinajstić information content (AvgIpc) is 2.82. The molecule has 8 nitrogen and oxygen atoms in total. The highest BCUT2D eigenvalue weighted by Crippen LogP contribution is 2.36. The summed E-state index contributed by atoms with van der Waals surface area (Å²) in [4.78, 5) is 34.3. The first-order chi connectivity index (χ1) is 14.3. The molecule has 1 saturated heterocycles. The van der Waals surface area contributed by atoms with Crippen LogP contribution >= 0.6 is 0 Å². The lowest BCUT2D eigenvalue weighted by Gasteiger charge is -2.43. The van der Waals surface area contributed by atoms with Crippen LogP contribution in [0, 0.1) is 5.21 Å². The fraction of sp³-hybridized carbons (Fsp3) is 0.409. The molecular formula is C22H27N5O3. The second kappa shape index (κ2) is 8.14. The predicted octanol–water partition coefficient (Wildman–Crippen LogP) is 2.74. The van der Waals surface area contributed by atoms with Gasteiger partial charge in [-0.15, -0.1) is 0 Å². The minimum absolute atomic E-state index is 0.0559. The van der Waals surface area contributed by atoms with E-state index in [1.165, 1.54) is 4.90 Å². The molecular weight excluding hydrogens is 382 g/mol. The van der Waals surface area contributed by atoms with Gasteiger partial charge in [0, 0.05) is 6.20 Å². The van der Waals surface area contributed by atoms with E-state index in [4.69, 9.17) is 0 Å². The number of hydrogen-bond acceptors (Lipinski definition) is 5. The molecule has 1 aromatic carbocycles. The number of piperidine rings is 1. The van der Waals surface area contributed by atoms with Crippen LogP contribution in [-0.2, 0) is 4.79 Å². The molecule has 0 radical (unpaired) electrons. The number of benzene rings is 1. The SMILES string of the molecule is C[N+](C)([O-])CC1CCCCN1CC(=O)N1c2ccccc2C(=O)Nc2cccnc21. The molecule has 1 unspecified atom stereocenters. The lowest BCUT2D eigenvalue weighted by molar-refractivity contribution is -0.842.